The highest BCUT2D eigenvalue weighted by atomic mass is 32.2. The van der Waals surface area contributed by atoms with Crippen molar-refractivity contribution in [1.82, 2.24) is 14.8 Å². The van der Waals surface area contributed by atoms with E-state index in [4.69, 9.17) is 4.42 Å². The molecule has 0 aliphatic carbocycles. The van der Waals surface area contributed by atoms with Crippen LogP contribution in [0.5, 0.6) is 0 Å². The van der Waals surface area contributed by atoms with Gasteiger partial charge in [0.15, 0.2) is 11.0 Å². The lowest BCUT2D eigenvalue weighted by Crippen LogP contribution is -2.23. The van der Waals surface area contributed by atoms with E-state index in [9.17, 15) is 9.18 Å². The monoisotopic (exact) mass is 400 g/mol. The number of thioether (sulfide) groups is 1. The molecule has 2 aromatic heterocycles. The van der Waals surface area contributed by atoms with E-state index in [-0.39, 0.29) is 11.7 Å². The van der Waals surface area contributed by atoms with E-state index in [0.29, 0.717) is 28.8 Å². The quantitative estimate of drug-likeness (QED) is 0.463. The van der Waals surface area contributed by atoms with Crippen LogP contribution in [-0.2, 0) is 11.3 Å². The number of nitrogens with one attached hydrogen (secondary N) is 1. The Morgan fingerprint density at radius 2 is 2.18 bits per heavy atom. The summed E-state index contributed by atoms with van der Waals surface area (Å²) in [6, 6.07) is 6.44. The second-order valence-electron chi connectivity index (χ2n) is 6.31. The summed E-state index contributed by atoms with van der Waals surface area (Å²) in [7, 11) is 0. The number of hydrogen-bond donors (Lipinski definition) is 1. The maximum absolute atomic E-state index is 13.7. The maximum Gasteiger partial charge on any atom is 0.237 e. The predicted octanol–water partition coefficient (Wildman–Crippen LogP) is 4.60. The minimum absolute atomic E-state index is 0.248. The maximum atomic E-state index is 13.7. The highest BCUT2D eigenvalue weighted by molar-refractivity contribution is 8.00. The Balaban J connectivity index is 1.77. The molecule has 0 spiro atoms. The highest BCUT2D eigenvalue weighted by Gasteiger charge is 2.22. The molecule has 0 bridgehead atoms. The molecule has 1 aromatic carbocycles. The molecular weight excluding hydrogens is 379 g/mol. The van der Waals surface area contributed by atoms with Crippen LogP contribution in [-0.4, -0.2) is 25.9 Å². The van der Waals surface area contributed by atoms with Crippen molar-refractivity contribution in [3.63, 3.8) is 0 Å². The fraction of sp³-hybridized carbons (Fsp3) is 0.250. The van der Waals surface area contributed by atoms with Crippen LogP contribution in [0.15, 0.2) is 52.8 Å². The number of aromatic nitrogens is 3. The number of amides is 1. The molecule has 28 heavy (non-hydrogen) atoms. The van der Waals surface area contributed by atoms with Crippen molar-refractivity contribution in [3.05, 3.63) is 60.3 Å². The van der Waals surface area contributed by atoms with E-state index in [0.717, 1.165) is 11.3 Å². The minimum Gasteiger partial charge on any atom is -0.469 e. The summed E-state index contributed by atoms with van der Waals surface area (Å²) in [5.74, 6) is 0.787. The summed E-state index contributed by atoms with van der Waals surface area (Å²) in [6.45, 7) is 9.56. The Hall–Kier alpha value is -2.87. The van der Waals surface area contributed by atoms with Gasteiger partial charge in [0.1, 0.15) is 11.6 Å². The number of hydrogen-bond acceptors (Lipinski definition) is 5. The number of anilines is 1. The average Bonchev–Trinajstić information content (AvgIpc) is 3.24. The molecule has 1 unspecified atom stereocenters. The molecule has 0 aliphatic heterocycles. The molecule has 0 radical (unpaired) electrons. The summed E-state index contributed by atoms with van der Waals surface area (Å²) in [5, 5.41) is 11.4. The zero-order valence-corrected chi connectivity index (χ0v) is 16.7. The van der Waals surface area contributed by atoms with Crippen LogP contribution in [0.2, 0.25) is 0 Å². The van der Waals surface area contributed by atoms with Gasteiger partial charge in [-0.15, -0.1) is 16.8 Å². The Bertz CT molecular complexity index is 1010. The van der Waals surface area contributed by atoms with Crippen LogP contribution in [0.4, 0.5) is 10.1 Å². The summed E-state index contributed by atoms with van der Waals surface area (Å²) >= 11 is 1.27. The molecule has 3 rings (SSSR count). The van der Waals surface area contributed by atoms with E-state index < -0.39 is 5.25 Å². The van der Waals surface area contributed by atoms with E-state index in [1.165, 1.54) is 17.8 Å². The van der Waals surface area contributed by atoms with Crippen molar-refractivity contribution in [2.24, 2.45) is 0 Å². The van der Waals surface area contributed by atoms with Gasteiger partial charge >= 0.3 is 0 Å². The van der Waals surface area contributed by atoms with Crippen molar-refractivity contribution in [2.45, 2.75) is 37.7 Å². The molecule has 1 amide bonds. The van der Waals surface area contributed by atoms with Gasteiger partial charge in [-0.1, -0.05) is 23.9 Å². The van der Waals surface area contributed by atoms with Crippen LogP contribution in [0.3, 0.4) is 0 Å². The van der Waals surface area contributed by atoms with Crippen molar-refractivity contribution in [3.8, 4) is 11.4 Å². The Morgan fingerprint density at radius 1 is 1.39 bits per heavy atom. The number of rotatable bonds is 7. The fourth-order valence-electron chi connectivity index (χ4n) is 2.61. The van der Waals surface area contributed by atoms with E-state index in [2.05, 4.69) is 22.1 Å². The van der Waals surface area contributed by atoms with E-state index in [1.54, 1.807) is 38.3 Å². The molecule has 146 valence electrons. The normalized spacial score (nSPS) is 12.0. The third-order valence-corrected chi connectivity index (χ3v) is 5.30. The number of carbonyl (C=O) groups is 1. The smallest absolute Gasteiger partial charge is 0.237 e. The van der Waals surface area contributed by atoms with Gasteiger partial charge < -0.3 is 9.73 Å². The van der Waals surface area contributed by atoms with Crippen LogP contribution >= 0.6 is 11.8 Å². The second-order valence-corrected chi connectivity index (χ2v) is 7.62. The summed E-state index contributed by atoms with van der Waals surface area (Å²) in [4.78, 5) is 12.5. The lowest BCUT2D eigenvalue weighted by Gasteiger charge is -2.13. The number of carbonyl (C=O) groups excluding carboxylic acids is 1. The molecule has 1 atom stereocenters. The van der Waals surface area contributed by atoms with Crippen molar-refractivity contribution < 1.29 is 13.6 Å². The lowest BCUT2D eigenvalue weighted by atomic mass is 10.2. The standard InChI is InChI=1S/C20H21FN4O2S/c1-5-9-25-18(16-8-10-27-13(16)3)23-24-20(25)28-14(4)19(26)22-15-7-6-12(2)17(21)11-15/h5-8,10-11,14H,1,9H2,2-4H3,(H,22,26). The minimum atomic E-state index is -0.463. The number of nitrogens with zero attached hydrogens (tertiary/aromatic N) is 3. The van der Waals surface area contributed by atoms with Crippen LogP contribution in [0.25, 0.3) is 11.4 Å². The zero-order chi connectivity index (χ0) is 20.3. The lowest BCUT2D eigenvalue weighted by molar-refractivity contribution is -0.115. The van der Waals surface area contributed by atoms with Gasteiger partial charge in [0.25, 0.3) is 0 Å². The first-order valence-corrected chi connectivity index (χ1v) is 9.61. The van der Waals surface area contributed by atoms with Gasteiger partial charge in [0, 0.05) is 12.2 Å². The summed E-state index contributed by atoms with van der Waals surface area (Å²) in [6.07, 6.45) is 3.34. The van der Waals surface area contributed by atoms with Crippen molar-refractivity contribution in [1.29, 1.82) is 0 Å². The van der Waals surface area contributed by atoms with Crippen LogP contribution in [0, 0.1) is 19.7 Å². The average molecular weight is 400 g/mol. The number of allylic oxidation sites excluding steroid dienone is 1. The molecule has 0 saturated carbocycles. The molecule has 0 saturated heterocycles. The molecule has 6 nitrogen and oxygen atoms in total. The number of benzene rings is 1. The van der Waals surface area contributed by atoms with E-state index in [1.807, 2.05) is 17.6 Å². The third-order valence-electron chi connectivity index (χ3n) is 4.22. The summed E-state index contributed by atoms with van der Waals surface area (Å²) < 4.78 is 20.9. The Morgan fingerprint density at radius 3 is 2.82 bits per heavy atom. The molecule has 2 heterocycles. The second kappa shape index (κ2) is 8.43. The van der Waals surface area contributed by atoms with E-state index >= 15 is 0 Å². The predicted molar refractivity (Wildman–Crippen MR) is 108 cm³/mol. The van der Waals surface area contributed by atoms with Crippen LogP contribution < -0.4 is 5.32 Å². The van der Waals surface area contributed by atoms with Crippen molar-refractivity contribution >= 4 is 23.4 Å². The number of halogens is 1. The highest BCUT2D eigenvalue weighted by Crippen LogP contribution is 2.29. The van der Waals surface area contributed by atoms with Gasteiger partial charge in [-0.3, -0.25) is 9.36 Å². The first kappa shape index (κ1) is 19.9. The number of aryl methyl sites for hydroxylation is 2. The van der Waals surface area contributed by atoms with Crippen molar-refractivity contribution in [2.75, 3.05) is 5.32 Å². The molecule has 0 aliphatic rings. The van der Waals surface area contributed by atoms with Gasteiger partial charge in [0.05, 0.1) is 17.1 Å². The number of furan rings is 1. The Labute approximate surface area is 166 Å². The molecule has 8 heteroatoms. The SMILES string of the molecule is C=CCn1c(SC(C)C(=O)Nc2ccc(C)c(F)c2)nnc1-c1ccoc1C. The van der Waals surface area contributed by atoms with Gasteiger partial charge in [-0.2, -0.15) is 0 Å². The molecular formula is C20H21FN4O2S. The van der Waals surface area contributed by atoms with Crippen LogP contribution in [0.1, 0.15) is 18.2 Å². The third kappa shape index (κ3) is 4.17. The fourth-order valence-corrected chi connectivity index (χ4v) is 3.47. The largest absolute Gasteiger partial charge is 0.469 e. The topological polar surface area (TPSA) is 73.0 Å². The van der Waals surface area contributed by atoms with Gasteiger partial charge in [-0.25, -0.2) is 4.39 Å². The first-order valence-electron chi connectivity index (χ1n) is 8.73. The van der Waals surface area contributed by atoms with Gasteiger partial charge in [-0.05, 0) is 44.5 Å². The summed E-state index contributed by atoms with van der Waals surface area (Å²) in [5.41, 5.74) is 1.79. The zero-order valence-electron chi connectivity index (χ0n) is 15.9. The molecule has 3 aromatic rings. The van der Waals surface area contributed by atoms with Gasteiger partial charge in [0.2, 0.25) is 5.91 Å². The Kier molecular flexibility index (Phi) is 5.99. The molecule has 1 N–H and O–H groups in total. The first-order chi connectivity index (χ1) is 13.4. The molecule has 0 fully saturated rings.